The molecule has 0 aliphatic carbocycles. The van der Waals surface area contributed by atoms with Gasteiger partial charge in [-0.1, -0.05) is 18.2 Å². The molecule has 24 heteroatoms. The van der Waals surface area contributed by atoms with Crippen molar-refractivity contribution in [2.45, 2.75) is 76.4 Å². The molecule has 5 N–H and O–H groups in total. The Bertz CT molecular complexity index is 2620. The molecule has 1 unspecified atom stereocenters. The zero-order valence-corrected chi connectivity index (χ0v) is 39.8. The SMILES string of the molecule is NC(=O)c1cc(-c2cn(CCCCNC(=O)CCOCCOCCOCCNc3cccc4c3C(=O)N(C3CCC(=O)NC3=O)C4=O)cn2)cnc1OC1CCN(C(=O)Cc2ccc(OC(F)(F)F)cc2)CC1. The lowest BCUT2D eigenvalue weighted by Crippen LogP contribution is -2.54. The molecule has 2 aromatic carbocycles. The summed E-state index contributed by atoms with van der Waals surface area (Å²) in [5.41, 5.74) is 8.28. The second kappa shape index (κ2) is 25.3. The summed E-state index contributed by atoms with van der Waals surface area (Å²) in [5.74, 6) is -3.61. The molecule has 21 nitrogen and oxygen atoms in total. The van der Waals surface area contributed by atoms with E-state index in [1.54, 1.807) is 35.6 Å². The standard InChI is InChI=1S/C49H56F3N9O12/c50-49(51,52)73-34-8-6-31(7-9-34)26-42(64)60-18-12-33(13-19-60)72-46-36(44(53)65)27-32(28-56-46)38-29-59(30-57-38)17-2-1-15-55-40(62)14-20-69-22-24-71-25-23-70-21-16-54-37-5-3-4-35-43(37)48(68)61(47(35)67)39-10-11-41(63)58-45(39)66/h3-9,27-30,33,39,54H,1-2,10-26H2,(H2,53,65)(H,55,62)(H,58,63,66). The number of aromatic nitrogens is 3. The van der Waals surface area contributed by atoms with Gasteiger partial charge in [-0.2, -0.15) is 0 Å². The van der Waals surface area contributed by atoms with Crippen molar-refractivity contribution < 1.29 is 70.4 Å². The van der Waals surface area contributed by atoms with Crippen molar-refractivity contribution in [3.63, 3.8) is 0 Å². The van der Waals surface area contributed by atoms with E-state index in [9.17, 15) is 46.7 Å². The van der Waals surface area contributed by atoms with Gasteiger partial charge in [0.1, 0.15) is 23.5 Å². The minimum Gasteiger partial charge on any atom is -0.474 e. The Hall–Kier alpha value is -7.44. The van der Waals surface area contributed by atoms with Crippen molar-refractivity contribution in [2.75, 3.05) is 71.1 Å². The fraction of sp³-hybridized carbons (Fsp3) is 0.449. The van der Waals surface area contributed by atoms with Crippen LogP contribution in [0.15, 0.2) is 67.3 Å². The summed E-state index contributed by atoms with van der Waals surface area (Å²) in [7, 11) is 0. The van der Waals surface area contributed by atoms with E-state index >= 15 is 0 Å². The summed E-state index contributed by atoms with van der Waals surface area (Å²) in [6, 6.07) is 10.5. The number of imidazole rings is 1. The van der Waals surface area contributed by atoms with Gasteiger partial charge in [-0.05, 0) is 55.2 Å². The highest BCUT2D eigenvalue weighted by atomic mass is 19.4. The van der Waals surface area contributed by atoms with Crippen LogP contribution in [0.5, 0.6) is 11.6 Å². The Balaban J connectivity index is 0.701. The first kappa shape index (κ1) is 53.4. The Kier molecular flexibility index (Phi) is 18.5. The van der Waals surface area contributed by atoms with Gasteiger partial charge >= 0.3 is 6.36 Å². The second-order valence-electron chi connectivity index (χ2n) is 17.3. The van der Waals surface area contributed by atoms with Crippen LogP contribution in [0.2, 0.25) is 0 Å². The molecule has 2 saturated heterocycles. The number of rotatable bonds is 26. The molecule has 0 bridgehead atoms. The van der Waals surface area contributed by atoms with E-state index < -0.39 is 41.9 Å². The normalized spacial score (nSPS) is 16.1. The number of fused-ring (bicyclic) bond motifs is 1. The largest absolute Gasteiger partial charge is 0.573 e. The topological polar surface area (TPSA) is 265 Å². The van der Waals surface area contributed by atoms with E-state index in [0.717, 1.165) is 29.9 Å². The summed E-state index contributed by atoms with van der Waals surface area (Å²) in [4.78, 5) is 99.2. The van der Waals surface area contributed by atoms with Crippen LogP contribution < -0.4 is 31.2 Å². The number of nitrogens with zero attached hydrogens (tertiary/aromatic N) is 5. The maximum atomic E-state index is 13.2. The monoisotopic (exact) mass is 1020 g/mol. The van der Waals surface area contributed by atoms with Crippen LogP contribution in [-0.2, 0) is 46.4 Å². The highest BCUT2D eigenvalue weighted by Crippen LogP contribution is 2.33. The number of piperidine rings is 2. The Morgan fingerprint density at radius 1 is 0.849 bits per heavy atom. The number of nitrogens with two attached hydrogens (primary N) is 1. The number of hydrogen-bond donors (Lipinski definition) is 4. The first-order valence-corrected chi connectivity index (χ1v) is 23.8. The number of pyridine rings is 1. The van der Waals surface area contributed by atoms with Gasteiger partial charge in [-0.3, -0.25) is 43.8 Å². The first-order valence-electron chi connectivity index (χ1n) is 23.8. The van der Waals surface area contributed by atoms with Crippen molar-refractivity contribution in [2.24, 2.45) is 5.73 Å². The Morgan fingerprint density at radius 2 is 1.58 bits per heavy atom. The average Bonchev–Trinajstić information content (AvgIpc) is 3.93. The summed E-state index contributed by atoms with van der Waals surface area (Å²) < 4.78 is 65.9. The number of ether oxygens (including phenoxy) is 5. The fourth-order valence-corrected chi connectivity index (χ4v) is 8.33. The lowest BCUT2D eigenvalue weighted by atomic mass is 10.0. The summed E-state index contributed by atoms with van der Waals surface area (Å²) in [6.45, 7) is 3.95. The zero-order chi connectivity index (χ0) is 51.9. The van der Waals surface area contributed by atoms with Gasteiger partial charge in [0.25, 0.3) is 17.7 Å². The quantitative estimate of drug-likeness (QED) is 0.0519. The van der Waals surface area contributed by atoms with Crippen LogP contribution in [-0.4, -0.2) is 150 Å². The molecule has 0 radical (unpaired) electrons. The average molecular weight is 1020 g/mol. The lowest BCUT2D eigenvalue weighted by molar-refractivity contribution is -0.274. The van der Waals surface area contributed by atoms with Gasteiger partial charge in [0.15, 0.2) is 0 Å². The van der Waals surface area contributed by atoms with Gasteiger partial charge in [-0.15, -0.1) is 13.2 Å². The Morgan fingerprint density at radius 3 is 2.29 bits per heavy atom. The van der Waals surface area contributed by atoms with Crippen molar-refractivity contribution >= 4 is 47.0 Å². The molecule has 7 amide bonds. The van der Waals surface area contributed by atoms with Crippen LogP contribution >= 0.6 is 0 Å². The van der Waals surface area contributed by atoms with E-state index in [-0.39, 0.29) is 85.1 Å². The first-order chi connectivity index (χ1) is 35.1. The zero-order valence-electron chi connectivity index (χ0n) is 39.8. The van der Waals surface area contributed by atoms with Gasteiger partial charge in [0, 0.05) is 82.1 Å². The third-order valence-corrected chi connectivity index (χ3v) is 12.0. The number of carbonyl (C=O) groups is 7. The number of hydrogen-bond acceptors (Lipinski definition) is 15. The van der Waals surface area contributed by atoms with Gasteiger partial charge < -0.3 is 49.5 Å². The maximum absolute atomic E-state index is 13.2. The molecular formula is C49H56F3N9O12. The van der Waals surface area contributed by atoms with E-state index in [1.807, 2.05) is 10.8 Å². The molecule has 3 aliphatic rings. The highest BCUT2D eigenvalue weighted by Gasteiger charge is 2.45. The molecule has 2 aromatic heterocycles. The second-order valence-corrected chi connectivity index (χ2v) is 17.3. The third-order valence-electron chi connectivity index (χ3n) is 12.0. The number of likely N-dealkylation sites (tertiary alicyclic amines) is 1. The van der Waals surface area contributed by atoms with Crippen molar-refractivity contribution in [1.29, 1.82) is 0 Å². The number of unbranched alkanes of at least 4 members (excludes halogenated alkanes) is 1. The predicted octanol–water partition coefficient (Wildman–Crippen LogP) is 3.40. The van der Waals surface area contributed by atoms with E-state index in [2.05, 4.69) is 30.7 Å². The molecule has 2 fully saturated rings. The van der Waals surface area contributed by atoms with Crippen molar-refractivity contribution in [3.8, 4) is 22.9 Å². The van der Waals surface area contributed by atoms with Crippen molar-refractivity contribution in [1.82, 2.24) is 35.0 Å². The number of anilines is 1. The molecule has 3 aliphatic heterocycles. The van der Waals surface area contributed by atoms with Crippen molar-refractivity contribution in [3.05, 3.63) is 89.5 Å². The summed E-state index contributed by atoms with van der Waals surface area (Å²) in [6.07, 6.45) is 2.61. The summed E-state index contributed by atoms with van der Waals surface area (Å²) in [5, 5.41) is 8.19. The van der Waals surface area contributed by atoms with Crippen LogP contribution in [0, 0.1) is 0 Å². The molecule has 4 aromatic rings. The number of alkyl halides is 3. The third kappa shape index (κ3) is 15.1. The number of imide groups is 2. The van der Waals surface area contributed by atoms with Crippen LogP contribution in [0.3, 0.4) is 0 Å². The molecule has 5 heterocycles. The van der Waals surface area contributed by atoms with E-state index in [1.165, 1.54) is 18.2 Å². The molecule has 7 rings (SSSR count). The molecule has 73 heavy (non-hydrogen) atoms. The molecular weight excluding hydrogens is 964 g/mol. The molecule has 0 saturated carbocycles. The van der Waals surface area contributed by atoms with Gasteiger partial charge in [0.05, 0.1) is 69.2 Å². The molecule has 0 spiro atoms. The van der Waals surface area contributed by atoms with Gasteiger partial charge in [0.2, 0.25) is 29.5 Å². The number of carbonyl (C=O) groups excluding carboxylic acids is 7. The fourth-order valence-electron chi connectivity index (χ4n) is 8.33. The molecule has 390 valence electrons. The maximum Gasteiger partial charge on any atom is 0.573 e. The highest BCUT2D eigenvalue weighted by molar-refractivity contribution is 6.25. The number of amides is 7. The number of benzene rings is 2. The van der Waals surface area contributed by atoms with E-state index in [4.69, 9.17) is 24.7 Å². The number of primary amides is 1. The number of halogens is 3. The minimum atomic E-state index is -4.80. The van der Waals surface area contributed by atoms with Gasteiger partial charge in [-0.25, -0.2) is 9.97 Å². The number of nitrogens with one attached hydrogen (secondary N) is 3. The smallest absolute Gasteiger partial charge is 0.474 e. The van der Waals surface area contributed by atoms with Crippen LogP contribution in [0.25, 0.3) is 11.3 Å². The Labute approximate surface area is 417 Å². The van der Waals surface area contributed by atoms with Crippen LogP contribution in [0.1, 0.15) is 81.6 Å². The number of aryl methyl sites for hydroxylation is 1. The lowest BCUT2D eigenvalue weighted by Gasteiger charge is -2.32. The summed E-state index contributed by atoms with van der Waals surface area (Å²) >= 11 is 0. The van der Waals surface area contributed by atoms with E-state index in [0.29, 0.717) is 94.5 Å². The minimum absolute atomic E-state index is 0.0140. The van der Waals surface area contributed by atoms with Crippen LogP contribution in [0.4, 0.5) is 18.9 Å². The molecule has 1 atom stereocenters. The predicted molar refractivity (Wildman–Crippen MR) is 252 cm³/mol.